The second-order valence-corrected chi connectivity index (χ2v) is 13.0. The van der Waals surface area contributed by atoms with Gasteiger partial charge in [0.2, 0.25) is 10.9 Å². The molecule has 1 N–H and O–H groups in total. The average Bonchev–Trinajstić information content (AvgIpc) is 3.74. The second kappa shape index (κ2) is 12.6. The standard InChI is InChI=1S/C32H28ClN3O7S2/c1-16-11-19-12-18(7-10-22(19)43-16)27(37)25-26(20-13-23(40-2)29(42-4)24(14-20)41-3)36(30(39)28(25)38)31-34-35-32(45-31)44-15-17-5-8-21(33)9-6-17/h5-10,12-14,16,26,37H,11,15H2,1-4H3/b27-25+. The molecule has 2 aliphatic rings. The molecule has 2 aliphatic heterocycles. The fraction of sp³-hybridized carbons (Fsp3) is 0.250. The van der Waals surface area contributed by atoms with Gasteiger partial charge in [-0.25, -0.2) is 0 Å². The van der Waals surface area contributed by atoms with Gasteiger partial charge in [-0.3, -0.25) is 14.5 Å². The number of rotatable bonds is 9. The minimum Gasteiger partial charge on any atom is -0.507 e. The highest BCUT2D eigenvalue weighted by Gasteiger charge is 2.49. The van der Waals surface area contributed by atoms with Crippen LogP contribution in [0.15, 0.2) is 64.5 Å². The van der Waals surface area contributed by atoms with Crippen molar-refractivity contribution in [3.63, 3.8) is 0 Å². The SMILES string of the molecule is COc1cc(C2/C(=C(\O)c3ccc4c(c3)CC(C)O4)C(=O)C(=O)N2c2nnc(SCc3ccc(Cl)cc3)s2)cc(OC)c1OC. The molecule has 0 bridgehead atoms. The zero-order valence-electron chi connectivity index (χ0n) is 24.7. The summed E-state index contributed by atoms with van der Waals surface area (Å²) in [5.41, 5.74) is 2.66. The summed E-state index contributed by atoms with van der Waals surface area (Å²) in [5, 5.41) is 21.1. The van der Waals surface area contributed by atoms with E-state index in [1.54, 1.807) is 30.3 Å². The van der Waals surface area contributed by atoms with Crippen molar-refractivity contribution < 1.29 is 33.6 Å². The summed E-state index contributed by atoms with van der Waals surface area (Å²) < 4.78 is 23.1. The molecule has 13 heteroatoms. The molecule has 0 aliphatic carbocycles. The van der Waals surface area contributed by atoms with Crippen LogP contribution in [0.1, 0.15) is 35.2 Å². The number of thioether (sulfide) groups is 1. The molecule has 0 spiro atoms. The number of hydrogen-bond acceptors (Lipinski definition) is 11. The van der Waals surface area contributed by atoms with Gasteiger partial charge in [0, 0.05) is 22.8 Å². The molecular formula is C32H28ClN3O7S2. The second-order valence-electron chi connectivity index (χ2n) is 10.3. The van der Waals surface area contributed by atoms with E-state index >= 15 is 0 Å². The van der Waals surface area contributed by atoms with E-state index in [1.165, 1.54) is 49.3 Å². The molecule has 2 unspecified atom stereocenters. The normalized spacial score (nSPS) is 18.6. The van der Waals surface area contributed by atoms with E-state index in [1.807, 2.05) is 31.2 Å². The number of benzene rings is 3. The average molecular weight is 666 g/mol. The van der Waals surface area contributed by atoms with Gasteiger partial charge < -0.3 is 24.1 Å². The van der Waals surface area contributed by atoms with Crippen molar-refractivity contribution in [2.24, 2.45) is 0 Å². The molecule has 2 atom stereocenters. The number of methoxy groups -OCH3 is 3. The van der Waals surface area contributed by atoms with Gasteiger partial charge in [0.15, 0.2) is 15.8 Å². The third-order valence-electron chi connectivity index (χ3n) is 7.49. The number of fused-ring (bicyclic) bond motifs is 1. The Labute approximate surface area is 272 Å². The van der Waals surface area contributed by atoms with Crippen LogP contribution in [0.25, 0.3) is 5.76 Å². The van der Waals surface area contributed by atoms with Crippen LogP contribution >= 0.6 is 34.7 Å². The molecule has 6 rings (SSSR count). The number of aliphatic hydroxyl groups is 1. The van der Waals surface area contributed by atoms with Gasteiger partial charge in [0.1, 0.15) is 17.6 Å². The number of amides is 1. The van der Waals surface area contributed by atoms with Gasteiger partial charge in [0.25, 0.3) is 5.78 Å². The van der Waals surface area contributed by atoms with Crippen molar-refractivity contribution in [2.45, 2.75) is 35.6 Å². The number of aliphatic hydroxyl groups excluding tert-OH is 1. The van der Waals surface area contributed by atoms with Crippen LogP contribution in [0, 0.1) is 0 Å². The number of ether oxygens (including phenoxy) is 4. The minimum absolute atomic E-state index is 0.00800. The van der Waals surface area contributed by atoms with E-state index in [9.17, 15) is 14.7 Å². The summed E-state index contributed by atoms with van der Waals surface area (Å²) in [4.78, 5) is 28.8. The summed E-state index contributed by atoms with van der Waals surface area (Å²) in [6, 6.07) is 14.9. The summed E-state index contributed by atoms with van der Waals surface area (Å²) in [7, 11) is 4.43. The Hall–Kier alpha value is -4.26. The van der Waals surface area contributed by atoms with Gasteiger partial charge in [0.05, 0.1) is 32.9 Å². The number of aromatic nitrogens is 2. The minimum atomic E-state index is -1.08. The highest BCUT2D eigenvalue weighted by molar-refractivity contribution is 8.00. The molecule has 232 valence electrons. The van der Waals surface area contributed by atoms with Crippen LogP contribution in [-0.4, -0.2) is 54.4 Å². The van der Waals surface area contributed by atoms with Crippen LogP contribution in [0.4, 0.5) is 5.13 Å². The molecule has 45 heavy (non-hydrogen) atoms. The van der Waals surface area contributed by atoms with E-state index < -0.39 is 17.7 Å². The first-order valence-electron chi connectivity index (χ1n) is 13.8. The number of ketones is 1. The first-order valence-corrected chi connectivity index (χ1v) is 16.0. The van der Waals surface area contributed by atoms with Gasteiger partial charge in [-0.2, -0.15) is 0 Å². The molecule has 1 aromatic heterocycles. The van der Waals surface area contributed by atoms with E-state index in [4.69, 9.17) is 30.5 Å². The summed E-state index contributed by atoms with van der Waals surface area (Å²) in [6.45, 7) is 1.96. The van der Waals surface area contributed by atoms with E-state index in [2.05, 4.69) is 10.2 Å². The Balaban J connectivity index is 1.45. The molecule has 1 saturated heterocycles. The van der Waals surface area contributed by atoms with Crippen molar-refractivity contribution in [1.29, 1.82) is 0 Å². The zero-order valence-corrected chi connectivity index (χ0v) is 27.1. The predicted molar refractivity (Wildman–Crippen MR) is 172 cm³/mol. The lowest BCUT2D eigenvalue weighted by molar-refractivity contribution is -0.132. The fourth-order valence-electron chi connectivity index (χ4n) is 5.41. The van der Waals surface area contributed by atoms with E-state index in [0.717, 1.165) is 16.9 Å². The quantitative estimate of drug-likeness (QED) is 0.0701. The molecule has 1 fully saturated rings. The van der Waals surface area contributed by atoms with Gasteiger partial charge in [-0.05, 0) is 66.1 Å². The van der Waals surface area contributed by atoms with Crippen molar-refractivity contribution in [2.75, 3.05) is 26.2 Å². The molecule has 3 heterocycles. The van der Waals surface area contributed by atoms with Gasteiger partial charge >= 0.3 is 5.91 Å². The number of nitrogens with zero attached hydrogens (tertiary/aromatic N) is 3. The van der Waals surface area contributed by atoms with Crippen molar-refractivity contribution in [1.82, 2.24) is 10.2 Å². The van der Waals surface area contributed by atoms with E-state index in [-0.39, 0.29) is 22.6 Å². The van der Waals surface area contributed by atoms with Crippen LogP contribution in [0.3, 0.4) is 0 Å². The topological polar surface area (TPSA) is 120 Å². The van der Waals surface area contributed by atoms with Crippen LogP contribution in [0.2, 0.25) is 5.02 Å². The Morgan fingerprint density at radius 2 is 1.76 bits per heavy atom. The first kappa shape index (κ1) is 30.8. The van der Waals surface area contributed by atoms with E-state index in [0.29, 0.717) is 49.9 Å². The smallest absolute Gasteiger partial charge is 0.301 e. The molecule has 10 nitrogen and oxygen atoms in total. The summed E-state index contributed by atoms with van der Waals surface area (Å²) >= 11 is 8.62. The lowest BCUT2D eigenvalue weighted by Gasteiger charge is -2.24. The lowest BCUT2D eigenvalue weighted by Crippen LogP contribution is -2.29. The number of carbonyl (C=O) groups is 2. The van der Waals surface area contributed by atoms with Gasteiger partial charge in [-0.1, -0.05) is 46.8 Å². The maximum atomic E-state index is 13.8. The Morgan fingerprint density at radius 3 is 2.42 bits per heavy atom. The molecule has 4 aromatic rings. The highest BCUT2D eigenvalue weighted by atomic mass is 35.5. The number of halogens is 1. The lowest BCUT2D eigenvalue weighted by atomic mass is 9.94. The maximum Gasteiger partial charge on any atom is 0.301 e. The van der Waals surface area contributed by atoms with Crippen molar-refractivity contribution >= 4 is 57.3 Å². The predicted octanol–water partition coefficient (Wildman–Crippen LogP) is 6.46. The zero-order chi connectivity index (χ0) is 31.8. The van der Waals surface area contributed by atoms with Crippen molar-refractivity contribution in [3.05, 3.63) is 87.4 Å². The van der Waals surface area contributed by atoms with Crippen LogP contribution in [-0.2, 0) is 21.8 Å². The van der Waals surface area contributed by atoms with Gasteiger partial charge in [-0.15, -0.1) is 10.2 Å². The van der Waals surface area contributed by atoms with Crippen LogP contribution < -0.4 is 23.8 Å². The Bertz CT molecular complexity index is 1800. The molecule has 1 amide bonds. The highest BCUT2D eigenvalue weighted by Crippen LogP contribution is 2.48. The van der Waals surface area contributed by atoms with Crippen molar-refractivity contribution in [3.8, 4) is 23.0 Å². The molecule has 0 radical (unpaired) electrons. The number of hydrogen-bond donors (Lipinski definition) is 1. The first-order chi connectivity index (χ1) is 21.7. The molecule has 3 aromatic carbocycles. The summed E-state index contributed by atoms with van der Waals surface area (Å²) in [5.74, 6) is 0.264. The largest absolute Gasteiger partial charge is 0.507 e. The maximum absolute atomic E-state index is 13.8. The fourth-order valence-corrected chi connectivity index (χ4v) is 7.36. The Kier molecular flexibility index (Phi) is 8.63. The number of anilines is 1. The third kappa shape index (κ3) is 5.81. The third-order valence-corrected chi connectivity index (χ3v) is 9.87. The molecule has 0 saturated carbocycles. The monoisotopic (exact) mass is 665 g/mol. The van der Waals surface area contributed by atoms with Crippen LogP contribution in [0.5, 0.6) is 23.0 Å². The number of Topliss-reactive ketones (excluding diaryl/α,β-unsaturated/α-hetero) is 1. The molecular weight excluding hydrogens is 638 g/mol. The number of carbonyl (C=O) groups excluding carboxylic acids is 2. The summed E-state index contributed by atoms with van der Waals surface area (Å²) in [6.07, 6.45) is 0.647. The Morgan fingerprint density at radius 1 is 1.04 bits per heavy atom.